The topological polar surface area (TPSA) is 0 Å². The van der Waals surface area contributed by atoms with Gasteiger partial charge in [0.15, 0.2) is 0 Å². The standard InChI is InChI=1S/C62H42.2C34H22/c1-7-23-43(24-8-1)53-39-57(47-31-15-5-16-32-47)59(41-55(53)45-27-11-3-12-28-45)61-49-35-19-21-37-51(49)62(52-38-22-20-36-50(52)61)60-42-56(46-29-13-4-14-30-46)54(44-25-9-2-10-26-44)40-58(60)48-33-17-6-18-34-48;1-3-15-25-23(11-1)13-9-21-27(25)33-29-17-5-7-19-31(29)34(32-20-8-6-18-30(32)33)28-22-10-14-24-12-2-4-16-26(24)28;1-3-11-25-21-27(19-17-23(25)9-1)33-29-13-5-7-15-31(29)34(32-16-8-6-14-30(32)33)28-20-18-24-10-2-4-12-26(24)22-28/h1-42H;2*1-22H. The quantitative estimate of drug-likeness (QED) is 0.107. The summed E-state index contributed by atoms with van der Waals surface area (Å²) >= 11 is 0. The van der Waals surface area contributed by atoms with E-state index in [0.29, 0.717) is 0 Å². The molecular weight excluding hydrogens is 1560 g/mol. The molecule has 0 N–H and O–H groups in total. The van der Waals surface area contributed by atoms with Crippen LogP contribution in [0.15, 0.2) is 522 Å². The molecule has 0 heterocycles. The highest BCUT2D eigenvalue weighted by molar-refractivity contribution is 6.28. The molecule has 0 nitrogen and oxygen atoms in total. The highest BCUT2D eigenvalue weighted by Gasteiger charge is 2.27. The summed E-state index contributed by atoms with van der Waals surface area (Å²) in [6.45, 7) is 0. The van der Waals surface area contributed by atoms with Crippen molar-refractivity contribution >= 4 is 108 Å². The Morgan fingerprint density at radius 3 is 0.508 bits per heavy atom. The van der Waals surface area contributed by atoms with Crippen molar-refractivity contribution in [1.82, 2.24) is 0 Å². The molecule has 130 heavy (non-hydrogen) atoms. The zero-order chi connectivity index (χ0) is 86.2. The van der Waals surface area contributed by atoms with E-state index >= 15 is 0 Å². The summed E-state index contributed by atoms with van der Waals surface area (Å²) in [5, 5.41) is 25.4. The second-order valence-electron chi connectivity index (χ2n) is 33.8. The van der Waals surface area contributed by atoms with E-state index in [1.807, 2.05) is 0 Å². The lowest BCUT2D eigenvalue weighted by molar-refractivity contribution is 1.55. The number of fused-ring (bicyclic) bond motifs is 10. The Hall–Kier alpha value is -16.9. The molecule has 0 aromatic heterocycles. The summed E-state index contributed by atoms with van der Waals surface area (Å²) in [6.07, 6.45) is 0. The first kappa shape index (κ1) is 77.9. The smallest absolute Gasteiger partial charge is 0.00199 e. The molecule has 0 saturated heterocycles. The highest BCUT2D eigenvalue weighted by atomic mass is 14.3. The van der Waals surface area contributed by atoms with Crippen molar-refractivity contribution in [2.75, 3.05) is 0 Å². The zero-order valence-corrected chi connectivity index (χ0v) is 71.7. The summed E-state index contributed by atoms with van der Waals surface area (Å²) in [7, 11) is 0. The van der Waals surface area contributed by atoms with E-state index < -0.39 is 0 Å². The van der Waals surface area contributed by atoms with E-state index in [0.717, 1.165) is 0 Å². The van der Waals surface area contributed by atoms with Gasteiger partial charge in [0.05, 0.1) is 0 Å². The van der Waals surface area contributed by atoms with Gasteiger partial charge < -0.3 is 0 Å². The minimum atomic E-state index is 1.19. The van der Waals surface area contributed by atoms with Crippen molar-refractivity contribution in [1.29, 1.82) is 0 Å². The normalized spacial score (nSPS) is 11.4. The predicted octanol–water partition coefficient (Wildman–Crippen LogP) is 36.6. The Morgan fingerprint density at radius 2 is 0.254 bits per heavy atom. The molecule has 0 spiro atoms. The fourth-order valence-electron chi connectivity index (χ4n) is 20.5. The first-order valence-corrected chi connectivity index (χ1v) is 45.0. The number of benzene rings is 25. The molecule has 0 heteroatoms. The van der Waals surface area contributed by atoms with Gasteiger partial charge in [0.25, 0.3) is 0 Å². The van der Waals surface area contributed by atoms with Gasteiger partial charge in [-0.25, -0.2) is 0 Å². The summed E-state index contributed by atoms with van der Waals surface area (Å²) in [6, 6.07) is 190. The minimum absolute atomic E-state index is 1.19. The molecule has 0 radical (unpaired) electrons. The molecule has 0 aliphatic rings. The SMILES string of the molecule is c1ccc(-c2cc(-c3ccccc3)c(-c3c4ccccc4c(-c4cc(-c5ccccc5)c(-c5ccccc5)cc4-c4ccccc4)c4ccccc34)cc2-c2ccccc2)cc1.c1ccc2c(-c3c4ccccc4c(-c4cccc5ccccc45)c4ccccc34)cccc2c1.c1ccc2cc(-c3c4ccccc4c(-c4ccc5ccccc5c4)c4ccccc34)ccc2c1. The van der Waals surface area contributed by atoms with Crippen LogP contribution in [0.4, 0.5) is 0 Å². The average molecular weight is 1650 g/mol. The van der Waals surface area contributed by atoms with Gasteiger partial charge in [0, 0.05) is 0 Å². The first-order chi connectivity index (χ1) is 64.6. The van der Waals surface area contributed by atoms with Crippen molar-refractivity contribution in [3.05, 3.63) is 522 Å². The van der Waals surface area contributed by atoms with Crippen LogP contribution >= 0.6 is 0 Å². The molecule has 25 aromatic carbocycles. The van der Waals surface area contributed by atoms with Crippen molar-refractivity contribution in [2.45, 2.75) is 0 Å². The molecule has 0 aliphatic heterocycles. The summed E-state index contributed by atoms with van der Waals surface area (Å²) in [5.74, 6) is 0. The highest BCUT2D eigenvalue weighted by Crippen LogP contribution is 2.54. The number of rotatable bonds is 12. The first-order valence-electron chi connectivity index (χ1n) is 45.0. The molecule has 25 aromatic rings. The van der Waals surface area contributed by atoms with Crippen molar-refractivity contribution in [2.24, 2.45) is 0 Å². The van der Waals surface area contributed by atoms with Gasteiger partial charge in [0.1, 0.15) is 0 Å². The summed E-state index contributed by atoms with van der Waals surface area (Å²) in [4.78, 5) is 0. The fraction of sp³-hybridized carbons (Fsp3) is 0. The molecule has 0 fully saturated rings. The second-order valence-corrected chi connectivity index (χ2v) is 33.8. The third-order valence-electron chi connectivity index (χ3n) is 26.4. The van der Waals surface area contributed by atoms with E-state index in [1.54, 1.807) is 0 Å². The minimum Gasteiger partial charge on any atom is -0.0622 e. The molecule has 0 bridgehead atoms. The molecule has 0 atom stereocenters. The Balaban J connectivity index is 0.000000120. The van der Waals surface area contributed by atoms with Crippen LogP contribution < -0.4 is 0 Å². The van der Waals surface area contributed by atoms with Gasteiger partial charge >= 0.3 is 0 Å². The van der Waals surface area contributed by atoms with Gasteiger partial charge in [-0.2, -0.15) is 0 Å². The van der Waals surface area contributed by atoms with E-state index in [9.17, 15) is 0 Å². The fourth-order valence-corrected chi connectivity index (χ4v) is 20.5. The molecule has 0 saturated carbocycles. The van der Waals surface area contributed by atoms with Crippen LogP contribution in [0.2, 0.25) is 0 Å². The number of hydrogen-bond acceptors (Lipinski definition) is 0. The van der Waals surface area contributed by atoms with Gasteiger partial charge in [-0.3, -0.25) is 0 Å². The van der Waals surface area contributed by atoms with Crippen LogP contribution in [-0.2, 0) is 0 Å². The molecule has 0 amide bonds. The van der Waals surface area contributed by atoms with E-state index in [4.69, 9.17) is 0 Å². The molecule has 0 aliphatic carbocycles. The lowest BCUT2D eigenvalue weighted by Gasteiger charge is -2.24. The maximum Gasteiger partial charge on any atom is -0.00199 e. The van der Waals surface area contributed by atoms with Crippen molar-refractivity contribution in [3.8, 4) is 134 Å². The zero-order valence-electron chi connectivity index (χ0n) is 71.7. The van der Waals surface area contributed by atoms with Crippen LogP contribution in [-0.4, -0.2) is 0 Å². The largest absolute Gasteiger partial charge is 0.0622 e. The second kappa shape index (κ2) is 34.2. The van der Waals surface area contributed by atoms with Gasteiger partial charge in [0.2, 0.25) is 0 Å². The third kappa shape index (κ3) is 14.3. The van der Waals surface area contributed by atoms with Gasteiger partial charge in [-0.05, 0) is 278 Å². The van der Waals surface area contributed by atoms with E-state index in [1.165, 1.54) is 241 Å². The van der Waals surface area contributed by atoms with Crippen molar-refractivity contribution < 1.29 is 0 Å². The molecule has 606 valence electrons. The maximum atomic E-state index is 2.46. The Morgan fingerprint density at radius 1 is 0.0769 bits per heavy atom. The van der Waals surface area contributed by atoms with Crippen LogP contribution in [0, 0.1) is 0 Å². The van der Waals surface area contributed by atoms with Crippen LogP contribution in [0.5, 0.6) is 0 Å². The monoisotopic (exact) mass is 1650 g/mol. The van der Waals surface area contributed by atoms with E-state index in [2.05, 4.69) is 522 Å². The summed E-state index contributed by atoms with van der Waals surface area (Å²) < 4.78 is 0. The van der Waals surface area contributed by atoms with Crippen LogP contribution in [0.3, 0.4) is 0 Å². The Bertz CT molecular complexity index is 7930. The van der Waals surface area contributed by atoms with Crippen molar-refractivity contribution in [3.63, 3.8) is 0 Å². The molecular formula is C130H86. The van der Waals surface area contributed by atoms with E-state index in [-0.39, 0.29) is 0 Å². The lowest BCUT2D eigenvalue weighted by atomic mass is 9.79. The lowest BCUT2D eigenvalue weighted by Crippen LogP contribution is -1.97. The Labute approximate surface area is 757 Å². The Kier molecular flexibility index (Phi) is 20.5. The number of hydrogen-bond donors (Lipinski definition) is 0. The third-order valence-corrected chi connectivity index (χ3v) is 26.4. The summed E-state index contributed by atoms with van der Waals surface area (Å²) in [5.41, 5.74) is 29.6. The van der Waals surface area contributed by atoms with Gasteiger partial charge in [-0.1, -0.05) is 485 Å². The van der Waals surface area contributed by atoms with Gasteiger partial charge in [-0.15, -0.1) is 0 Å². The average Bonchev–Trinajstić information content (AvgIpc) is 0.721. The molecule has 25 rings (SSSR count). The predicted molar refractivity (Wildman–Crippen MR) is 560 cm³/mol. The van der Waals surface area contributed by atoms with Crippen LogP contribution in [0.1, 0.15) is 0 Å². The molecule has 0 unspecified atom stereocenters. The van der Waals surface area contributed by atoms with Crippen LogP contribution in [0.25, 0.3) is 241 Å². The maximum absolute atomic E-state index is 2.46.